The van der Waals surface area contributed by atoms with Gasteiger partial charge in [-0.1, -0.05) is 13.3 Å². The maximum Gasteiger partial charge on any atom is 0.212 e. The fourth-order valence-electron chi connectivity index (χ4n) is 2.00. The molecule has 2 N–H and O–H groups in total. The minimum absolute atomic E-state index is 0.208. The molecular formula is C11H22N2O2S. The summed E-state index contributed by atoms with van der Waals surface area (Å²) in [4.78, 5) is 0. The van der Waals surface area contributed by atoms with E-state index in [9.17, 15) is 8.42 Å². The van der Waals surface area contributed by atoms with Crippen molar-refractivity contribution in [2.45, 2.75) is 45.1 Å². The zero-order valence-electron chi connectivity index (χ0n) is 9.96. The lowest BCUT2D eigenvalue weighted by molar-refractivity contribution is 0.166. The minimum atomic E-state index is -3.07. The minimum Gasteiger partial charge on any atom is -0.313 e. The molecule has 94 valence electrons. The van der Waals surface area contributed by atoms with Crippen LogP contribution in [0.3, 0.4) is 0 Å². The monoisotopic (exact) mass is 246 g/mol. The molecule has 0 saturated heterocycles. The summed E-state index contributed by atoms with van der Waals surface area (Å²) in [7, 11) is -3.07. The molecule has 2 rings (SSSR count). The first-order chi connectivity index (χ1) is 7.49. The summed E-state index contributed by atoms with van der Waals surface area (Å²) in [5, 5.41) is 3.22. The second-order valence-electron chi connectivity index (χ2n) is 5.53. The first-order valence-corrected chi connectivity index (χ1v) is 7.85. The van der Waals surface area contributed by atoms with Crippen molar-refractivity contribution in [2.75, 3.05) is 18.8 Å². The first kappa shape index (κ1) is 12.3. The van der Waals surface area contributed by atoms with E-state index in [0.717, 1.165) is 12.8 Å². The van der Waals surface area contributed by atoms with Crippen molar-refractivity contribution in [3.63, 3.8) is 0 Å². The molecule has 0 aromatic heterocycles. The van der Waals surface area contributed by atoms with Crippen LogP contribution in [0.25, 0.3) is 0 Å². The van der Waals surface area contributed by atoms with Gasteiger partial charge in [-0.3, -0.25) is 0 Å². The molecule has 0 heterocycles. The molecule has 0 atom stereocenters. The van der Waals surface area contributed by atoms with Crippen molar-refractivity contribution >= 4 is 10.0 Å². The van der Waals surface area contributed by atoms with Crippen molar-refractivity contribution in [3.05, 3.63) is 0 Å². The number of nitrogens with one attached hydrogen (secondary N) is 2. The quantitative estimate of drug-likeness (QED) is 0.700. The molecule has 2 aliphatic carbocycles. The fraction of sp³-hybridized carbons (Fsp3) is 1.00. The predicted molar refractivity (Wildman–Crippen MR) is 64.8 cm³/mol. The van der Waals surface area contributed by atoms with Crippen LogP contribution in [0.2, 0.25) is 0 Å². The van der Waals surface area contributed by atoms with Crippen LogP contribution in [0.5, 0.6) is 0 Å². The van der Waals surface area contributed by atoms with Gasteiger partial charge < -0.3 is 5.32 Å². The molecular weight excluding hydrogens is 224 g/mol. The van der Waals surface area contributed by atoms with Crippen LogP contribution in [0.15, 0.2) is 0 Å². The number of sulfonamides is 1. The van der Waals surface area contributed by atoms with Crippen LogP contribution in [-0.2, 0) is 10.0 Å². The summed E-state index contributed by atoms with van der Waals surface area (Å²) < 4.78 is 26.1. The van der Waals surface area contributed by atoms with E-state index in [0.29, 0.717) is 19.1 Å². The second-order valence-corrected chi connectivity index (χ2v) is 7.46. The number of hydrogen-bond acceptors (Lipinski definition) is 3. The zero-order valence-corrected chi connectivity index (χ0v) is 10.8. The molecule has 0 amide bonds. The van der Waals surface area contributed by atoms with Crippen molar-refractivity contribution in [1.82, 2.24) is 10.0 Å². The molecule has 2 aliphatic rings. The van der Waals surface area contributed by atoms with Crippen molar-refractivity contribution in [3.8, 4) is 0 Å². The average molecular weight is 246 g/mol. The number of rotatable bonds is 7. The van der Waals surface area contributed by atoms with Crippen molar-refractivity contribution in [2.24, 2.45) is 5.41 Å². The molecule has 2 saturated carbocycles. The van der Waals surface area contributed by atoms with Gasteiger partial charge in [-0.25, -0.2) is 13.1 Å². The van der Waals surface area contributed by atoms with Gasteiger partial charge in [0.05, 0.1) is 5.75 Å². The highest BCUT2D eigenvalue weighted by molar-refractivity contribution is 7.89. The third-order valence-corrected chi connectivity index (χ3v) is 4.99. The van der Waals surface area contributed by atoms with Gasteiger partial charge in [0.25, 0.3) is 0 Å². The molecule has 0 aromatic carbocycles. The maximum atomic E-state index is 11.7. The zero-order chi connectivity index (χ0) is 11.6. The van der Waals surface area contributed by atoms with Gasteiger partial charge in [-0.2, -0.15) is 0 Å². The molecule has 4 nitrogen and oxygen atoms in total. The SMILES string of the molecule is CC1(CNS(=O)(=O)CCNC2CC2)CCC1. The third-order valence-electron chi connectivity index (χ3n) is 3.66. The number of hydrogen-bond donors (Lipinski definition) is 2. The molecule has 5 heteroatoms. The molecule has 0 bridgehead atoms. The van der Waals surface area contributed by atoms with Gasteiger partial charge in [-0.15, -0.1) is 0 Å². The molecule has 2 fully saturated rings. The molecule has 16 heavy (non-hydrogen) atoms. The first-order valence-electron chi connectivity index (χ1n) is 6.20. The van der Waals surface area contributed by atoms with Gasteiger partial charge in [0.1, 0.15) is 0 Å². The van der Waals surface area contributed by atoms with E-state index in [-0.39, 0.29) is 11.2 Å². The summed E-state index contributed by atoms with van der Waals surface area (Å²) in [6.07, 6.45) is 5.93. The van der Waals surface area contributed by atoms with E-state index >= 15 is 0 Å². The van der Waals surface area contributed by atoms with E-state index in [1.807, 2.05) is 0 Å². The van der Waals surface area contributed by atoms with Crippen LogP contribution in [0.1, 0.15) is 39.0 Å². The lowest BCUT2D eigenvalue weighted by Crippen LogP contribution is -2.42. The van der Waals surface area contributed by atoms with Gasteiger partial charge in [0.2, 0.25) is 10.0 Å². The van der Waals surface area contributed by atoms with Crippen LogP contribution in [0.4, 0.5) is 0 Å². The van der Waals surface area contributed by atoms with Crippen LogP contribution in [0, 0.1) is 5.41 Å². The highest BCUT2D eigenvalue weighted by Crippen LogP contribution is 2.39. The molecule has 0 aliphatic heterocycles. The van der Waals surface area contributed by atoms with Gasteiger partial charge in [0, 0.05) is 19.1 Å². The Kier molecular flexibility index (Phi) is 3.56. The van der Waals surface area contributed by atoms with Crippen LogP contribution in [-0.4, -0.2) is 33.3 Å². The Bertz CT molecular complexity index is 332. The molecule has 0 unspecified atom stereocenters. The average Bonchev–Trinajstić information content (AvgIpc) is 2.95. The molecule has 0 spiro atoms. The smallest absolute Gasteiger partial charge is 0.212 e. The van der Waals surface area contributed by atoms with E-state index in [1.165, 1.54) is 19.3 Å². The highest BCUT2D eigenvalue weighted by Gasteiger charge is 2.32. The second kappa shape index (κ2) is 4.63. The van der Waals surface area contributed by atoms with Crippen LogP contribution < -0.4 is 10.0 Å². The largest absolute Gasteiger partial charge is 0.313 e. The Balaban J connectivity index is 1.65. The summed E-state index contributed by atoms with van der Waals surface area (Å²) >= 11 is 0. The third kappa shape index (κ3) is 3.71. The Morgan fingerprint density at radius 1 is 1.31 bits per heavy atom. The standard InChI is InChI=1S/C11H22N2O2S/c1-11(5-2-6-11)9-13-16(14,15)8-7-12-10-3-4-10/h10,12-13H,2-9H2,1H3. The highest BCUT2D eigenvalue weighted by atomic mass is 32.2. The van der Waals surface area contributed by atoms with Gasteiger partial charge in [-0.05, 0) is 31.1 Å². The maximum absolute atomic E-state index is 11.7. The van der Waals surface area contributed by atoms with E-state index < -0.39 is 10.0 Å². The van der Waals surface area contributed by atoms with E-state index in [1.54, 1.807) is 0 Å². The molecule has 0 radical (unpaired) electrons. The predicted octanol–water partition coefficient (Wildman–Crippen LogP) is 0.848. The van der Waals surface area contributed by atoms with Crippen molar-refractivity contribution < 1.29 is 8.42 Å². The Morgan fingerprint density at radius 3 is 2.50 bits per heavy atom. The summed E-state index contributed by atoms with van der Waals surface area (Å²) in [6.45, 7) is 3.34. The Morgan fingerprint density at radius 2 is 2.00 bits per heavy atom. The fourth-order valence-corrected chi connectivity index (χ4v) is 3.10. The topological polar surface area (TPSA) is 58.2 Å². The summed E-state index contributed by atoms with van der Waals surface area (Å²) in [6, 6.07) is 0.583. The lowest BCUT2D eigenvalue weighted by Gasteiger charge is -2.38. The van der Waals surface area contributed by atoms with Crippen LogP contribution >= 0.6 is 0 Å². The Hall–Kier alpha value is -0.130. The van der Waals surface area contributed by atoms with Gasteiger partial charge in [0.15, 0.2) is 0 Å². The normalized spacial score (nSPS) is 24.1. The lowest BCUT2D eigenvalue weighted by atomic mass is 9.71. The summed E-state index contributed by atoms with van der Waals surface area (Å²) in [5.74, 6) is 0.208. The Labute approximate surface area is 98.2 Å². The van der Waals surface area contributed by atoms with E-state index in [2.05, 4.69) is 17.0 Å². The van der Waals surface area contributed by atoms with E-state index in [4.69, 9.17) is 0 Å². The van der Waals surface area contributed by atoms with Gasteiger partial charge >= 0.3 is 0 Å². The van der Waals surface area contributed by atoms with Crippen molar-refractivity contribution in [1.29, 1.82) is 0 Å². The molecule has 0 aromatic rings. The summed E-state index contributed by atoms with van der Waals surface area (Å²) in [5.41, 5.74) is 0.219.